The van der Waals surface area contributed by atoms with Crippen LogP contribution >= 0.6 is 11.6 Å². The van der Waals surface area contributed by atoms with E-state index >= 15 is 0 Å². The van der Waals surface area contributed by atoms with Crippen LogP contribution in [0.2, 0.25) is 5.15 Å². The van der Waals surface area contributed by atoms with Gasteiger partial charge in [-0.2, -0.15) is 14.3 Å². The summed E-state index contributed by atoms with van der Waals surface area (Å²) in [5.41, 5.74) is 2.85. The highest BCUT2D eigenvalue weighted by molar-refractivity contribution is 6.29. The van der Waals surface area contributed by atoms with Crippen LogP contribution in [-0.4, -0.2) is 14.6 Å². The molecule has 1 aliphatic rings. The first-order valence-electron chi connectivity index (χ1n) is 7.16. The summed E-state index contributed by atoms with van der Waals surface area (Å²) in [4.78, 5) is 4.40. The molecule has 0 aliphatic heterocycles. The summed E-state index contributed by atoms with van der Waals surface area (Å²) in [5, 5.41) is 19.4. The number of pyridine rings is 1. The smallest absolute Gasteiger partial charge is 0.185 e. The maximum Gasteiger partial charge on any atom is 0.185 e. The van der Waals surface area contributed by atoms with Crippen molar-refractivity contribution in [2.45, 2.75) is 25.3 Å². The summed E-state index contributed by atoms with van der Waals surface area (Å²) in [5.74, 6) is 1.33. The number of nitrogens with one attached hydrogen (secondary N) is 1. The normalized spacial score (nSPS) is 14.4. The zero-order chi connectivity index (χ0) is 15.1. The second-order valence-electron chi connectivity index (χ2n) is 5.50. The Labute approximate surface area is 131 Å². The molecule has 1 aliphatic carbocycles. The molecule has 1 N–H and O–H groups in total. The van der Waals surface area contributed by atoms with Gasteiger partial charge < -0.3 is 10.5 Å². The van der Waals surface area contributed by atoms with Crippen LogP contribution in [0.1, 0.15) is 29.9 Å². The van der Waals surface area contributed by atoms with Crippen molar-refractivity contribution in [1.29, 1.82) is 0 Å². The summed E-state index contributed by atoms with van der Waals surface area (Å²) in [6, 6.07) is 5.35. The molecule has 0 unspecified atom stereocenters. The third-order valence-electron chi connectivity index (χ3n) is 3.79. The molecule has 0 bridgehead atoms. The Morgan fingerprint density at radius 2 is 2.32 bits per heavy atom. The van der Waals surface area contributed by atoms with E-state index in [1.165, 1.54) is 25.2 Å². The van der Waals surface area contributed by atoms with Gasteiger partial charge in [-0.15, -0.1) is 0 Å². The Kier molecular flexibility index (Phi) is 3.11. The highest BCUT2D eigenvalue weighted by atomic mass is 35.5. The number of hydrogen-bond donors (Lipinski definition) is 1. The molecule has 0 amide bonds. The highest BCUT2D eigenvalue weighted by Crippen LogP contribution is 2.42. The van der Waals surface area contributed by atoms with E-state index in [-0.39, 0.29) is 0 Å². The van der Waals surface area contributed by atoms with E-state index in [9.17, 15) is 5.21 Å². The summed E-state index contributed by atoms with van der Waals surface area (Å²) < 4.78 is 2.55. The number of nitrogens with zero attached hydrogens (tertiary/aromatic N) is 4. The summed E-state index contributed by atoms with van der Waals surface area (Å²) >= 11 is 6.14. The van der Waals surface area contributed by atoms with Gasteiger partial charge in [0.05, 0.1) is 6.20 Å². The quantitative estimate of drug-likeness (QED) is 0.456. The zero-order valence-electron chi connectivity index (χ0n) is 11.7. The van der Waals surface area contributed by atoms with Crippen molar-refractivity contribution >= 4 is 23.1 Å². The number of halogens is 1. The fourth-order valence-electron chi connectivity index (χ4n) is 2.56. The van der Waals surface area contributed by atoms with E-state index in [0.29, 0.717) is 17.6 Å². The average molecular weight is 316 g/mol. The minimum atomic E-state index is 0.435. The van der Waals surface area contributed by atoms with Crippen molar-refractivity contribution in [2.24, 2.45) is 0 Å². The molecule has 1 saturated carbocycles. The second kappa shape index (κ2) is 5.14. The fourth-order valence-corrected chi connectivity index (χ4v) is 2.74. The predicted octanol–water partition coefficient (Wildman–Crippen LogP) is 2.51. The first kappa shape index (κ1) is 13.3. The van der Waals surface area contributed by atoms with Gasteiger partial charge in [-0.3, -0.25) is 0 Å². The monoisotopic (exact) mass is 315 g/mol. The SMILES string of the molecule is [O-][n+]1cccc(CNc2cc(Cl)nc3c(C4CC4)cnn23)c1. The van der Waals surface area contributed by atoms with E-state index in [4.69, 9.17) is 11.6 Å². The van der Waals surface area contributed by atoms with Gasteiger partial charge >= 0.3 is 0 Å². The maximum atomic E-state index is 11.3. The molecule has 6 nitrogen and oxygen atoms in total. The first-order chi connectivity index (χ1) is 10.7. The van der Waals surface area contributed by atoms with Gasteiger partial charge in [0.15, 0.2) is 18.0 Å². The number of aromatic nitrogens is 4. The molecule has 3 aromatic rings. The van der Waals surface area contributed by atoms with Crippen molar-refractivity contribution in [3.8, 4) is 0 Å². The van der Waals surface area contributed by atoms with Gasteiger partial charge in [-0.05, 0) is 24.8 Å². The number of fused-ring (bicyclic) bond motifs is 1. The van der Waals surface area contributed by atoms with Gasteiger partial charge in [0.25, 0.3) is 0 Å². The van der Waals surface area contributed by atoms with Gasteiger partial charge in [-0.25, -0.2) is 4.98 Å². The molecule has 0 spiro atoms. The van der Waals surface area contributed by atoms with Crippen LogP contribution < -0.4 is 10.0 Å². The lowest BCUT2D eigenvalue weighted by Gasteiger charge is -2.09. The van der Waals surface area contributed by atoms with E-state index in [0.717, 1.165) is 27.3 Å². The van der Waals surface area contributed by atoms with Gasteiger partial charge in [0, 0.05) is 29.8 Å². The number of anilines is 1. The average Bonchev–Trinajstić information content (AvgIpc) is 3.25. The molecule has 0 saturated heterocycles. The Balaban J connectivity index is 1.66. The number of rotatable bonds is 4. The van der Waals surface area contributed by atoms with Crippen LogP contribution in [0.25, 0.3) is 5.65 Å². The molecular weight excluding hydrogens is 302 g/mol. The molecule has 3 heterocycles. The minimum Gasteiger partial charge on any atom is -0.619 e. The van der Waals surface area contributed by atoms with Crippen LogP contribution in [0.15, 0.2) is 36.8 Å². The third kappa shape index (κ3) is 2.46. The van der Waals surface area contributed by atoms with E-state index in [1.54, 1.807) is 16.6 Å². The lowest BCUT2D eigenvalue weighted by Crippen LogP contribution is -2.25. The van der Waals surface area contributed by atoms with Crippen molar-refractivity contribution in [1.82, 2.24) is 14.6 Å². The lowest BCUT2D eigenvalue weighted by molar-refractivity contribution is -0.605. The predicted molar refractivity (Wildman–Crippen MR) is 82.7 cm³/mol. The minimum absolute atomic E-state index is 0.435. The topological polar surface area (TPSA) is 69.2 Å². The molecule has 0 atom stereocenters. The van der Waals surface area contributed by atoms with Crippen molar-refractivity contribution in [2.75, 3.05) is 5.32 Å². The molecule has 22 heavy (non-hydrogen) atoms. The van der Waals surface area contributed by atoms with Crippen LogP contribution in [0.5, 0.6) is 0 Å². The van der Waals surface area contributed by atoms with E-state index in [1.807, 2.05) is 12.3 Å². The lowest BCUT2D eigenvalue weighted by atomic mass is 10.2. The van der Waals surface area contributed by atoms with Gasteiger partial charge in [0.2, 0.25) is 0 Å². The zero-order valence-corrected chi connectivity index (χ0v) is 12.5. The Morgan fingerprint density at radius 3 is 3.09 bits per heavy atom. The molecule has 0 aromatic carbocycles. The Hall–Kier alpha value is -2.34. The molecule has 3 aromatic heterocycles. The van der Waals surface area contributed by atoms with Crippen LogP contribution in [0.3, 0.4) is 0 Å². The Morgan fingerprint density at radius 1 is 1.45 bits per heavy atom. The van der Waals surface area contributed by atoms with Crippen LogP contribution in [0, 0.1) is 5.21 Å². The molecule has 1 fully saturated rings. The number of hydrogen-bond acceptors (Lipinski definition) is 4. The molecule has 7 heteroatoms. The maximum absolute atomic E-state index is 11.3. The van der Waals surface area contributed by atoms with E-state index in [2.05, 4.69) is 15.4 Å². The molecule has 0 radical (unpaired) electrons. The van der Waals surface area contributed by atoms with E-state index < -0.39 is 0 Å². The third-order valence-corrected chi connectivity index (χ3v) is 3.99. The molecule has 4 rings (SSSR count). The summed E-state index contributed by atoms with van der Waals surface area (Å²) in [7, 11) is 0. The second-order valence-corrected chi connectivity index (χ2v) is 5.89. The molecular formula is C15H14ClN5O. The summed E-state index contributed by atoms with van der Waals surface area (Å²) in [6.07, 6.45) is 7.24. The summed E-state index contributed by atoms with van der Waals surface area (Å²) in [6.45, 7) is 0.511. The Bertz CT molecular complexity index is 843. The first-order valence-corrected chi connectivity index (χ1v) is 7.54. The highest BCUT2D eigenvalue weighted by Gasteiger charge is 2.28. The van der Waals surface area contributed by atoms with Crippen molar-refractivity contribution in [3.05, 3.63) is 58.3 Å². The molecule has 112 valence electrons. The van der Waals surface area contributed by atoms with Crippen LogP contribution in [0.4, 0.5) is 5.82 Å². The van der Waals surface area contributed by atoms with Gasteiger partial charge in [-0.1, -0.05) is 11.6 Å². The van der Waals surface area contributed by atoms with Crippen molar-refractivity contribution in [3.63, 3.8) is 0 Å². The van der Waals surface area contributed by atoms with Crippen LogP contribution in [-0.2, 0) is 6.54 Å². The van der Waals surface area contributed by atoms with Crippen molar-refractivity contribution < 1.29 is 4.73 Å². The largest absolute Gasteiger partial charge is 0.619 e. The standard InChI is InChI=1S/C15H14ClN5O/c16-13-6-14(17-7-10-2-1-5-20(22)9-10)21-15(19-13)12(8-18-21)11-3-4-11/h1-2,5-6,8-9,11,17H,3-4,7H2. The fraction of sp³-hybridized carbons (Fsp3) is 0.267. The van der Waals surface area contributed by atoms with Gasteiger partial charge in [0.1, 0.15) is 11.0 Å².